The molecule has 1 atom stereocenters. The topological polar surface area (TPSA) is 23.5 Å². The van der Waals surface area contributed by atoms with E-state index in [9.17, 15) is 5.11 Å². The van der Waals surface area contributed by atoms with E-state index >= 15 is 0 Å². The van der Waals surface area contributed by atoms with E-state index in [4.69, 9.17) is 0 Å². The molecular weight excluding hydrogens is 282 g/mol. The Morgan fingerprint density at radius 1 is 1.19 bits per heavy atom. The van der Waals surface area contributed by atoms with Crippen LogP contribution in [0.15, 0.2) is 42.5 Å². The lowest BCUT2D eigenvalue weighted by Crippen LogP contribution is -2.20. The summed E-state index contributed by atoms with van der Waals surface area (Å²) in [5.74, 6) is 0.731. The molecule has 2 rings (SSSR count). The molecule has 0 aliphatic rings. The van der Waals surface area contributed by atoms with Gasteiger partial charge in [-0.15, -0.1) is 12.4 Å². The molecule has 2 nitrogen and oxygen atoms in total. The first-order valence-electron chi connectivity index (χ1n) is 7.06. The molecule has 2 aromatic carbocycles. The van der Waals surface area contributed by atoms with Crippen LogP contribution in [-0.2, 0) is 0 Å². The second-order valence-corrected chi connectivity index (χ2v) is 5.59. The van der Waals surface area contributed by atoms with Gasteiger partial charge >= 0.3 is 0 Å². The molecule has 0 aliphatic carbocycles. The third kappa shape index (κ3) is 3.78. The molecule has 0 bridgehead atoms. The van der Waals surface area contributed by atoms with E-state index < -0.39 is 0 Å². The summed E-state index contributed by atoms with van der Waals surface area (Å²) in [4.78, 5) is 2.18. The van der Waals surface area contributed by atoms with Crippen molar-refractivity contribution in [1.29, 1.82) is 0 Å². The molecule has 3 heteroatoms. The fourth-order valence-corrected chi connectivity index (χ4v) is 2.88. The van der Waals surface area contributed by atoms with Crippen LogP contribution in [0.1, 0.15) is 19.4 Å². The van der Waals surface area contributed by atoms with Crippen molar-refractivity contribution in [1.82, 2.24) is 4.90 Å². The lowest BCUT2D eigenvalue weighted by atomic mass is 9.89. The highest BCUT2D eigenvalue weighted by atomic mass is 35.5. The molecule has 0 fully saturated rings. The maximum atomic E-state index is 10.3. The van der Waals surface area contributed by atoms with Crippen LogP contribution in [0, 0.1) is 5.92 Å². The number of hydrogen-bond acceptors (Lipinski definition) is 2. The van der Waals surface area contributed by atoms with Crippen LogP contribution >= 0.6 is 12.4 Å². The van der Waals surface area contributed by atoms with Crippen molar-refractivity contribution in [3.05, 3.63) is 48.0 Å². The summed E-state index contributed by atoms with van der Waals surface area (Å²) < 4.78 is 0. The number of nitrogens with zero attached hydrogens (tertiary/aromatic N) is 1. The molecule has 1 N–H and O–H groups in total. The molecular formula is C18H24ClNO. The molecule has 0 amide bonds. The number of phenolic OH excluding ortho intramolecular Hbond substituents is 1. The molecule has 0 radical (unpaired) electrons. The van der Waals surface area contributed by atoms with Gasteiger partial charge in [-0.05, 0) is 49.3 Å². The van der Waals surface area contributed by atoms with Crippen LogP contribution in [0.2, 0.25) is 0 Å². The standard InChI is InChI=1S/C18H23NO.ClH/c1-5-15(13(2)12-19(3)4)18-16-9-7-6-8-14(16)10-11-17(18)20;/h5-11,13,20H,12H2,1-4H3;1H/b15-5-;. The molecule has 0 aliphatic heterocycles. The van der Waals surface area contributed by atoms with Gasteiger partial charge in [0.25, 0.3) is 0 Å². The van der Waals surface area contributed by atoms with Crippen LogP contribution in [0.5, 0.6) is 5.75 Å². The fourth-order valence-electron chi connectivity index (χ4n) is 2.88. The van der Waals surface area contributed by atoms with E-state index in [0.29, 0.717) is 11.7 Å². The summed E-state index contributed by atoms with van der Waals surface area (Å²) in [6.45, 7) is 5.21. The van der Waals surface area contributed by atoms with Crippen molar-refractivity contribution in [2.24, 2.45) is 5.92 Å². The van der Waals surface area contributed by atoms with Gasteiger partial charge in [-0.3, -0.25) is 0 Å². The summed E-state index contributed by atoms with van der Waals surface area (Å²) in [5, 5.41) is 12.6. The average Bonchev–Trinajstić information content (AvgIpc) is 2.41. The van der Waals surface area contributed by atoms with Crippen molar-refractivity contribution < 1.29 is 5.11 Å². The number of halogens is 1. The Morgan fingerprint density at radius 3 is 2.48 bits per heavy atom. The molecule has 0 spiro atoms. The summed E-state index contributed by atoms with van der Waals surface area (Å²) in [6, 6.07) is 12.0. The average molecular weight is 306 g/mol. The van der Waals surface area contributed by atoms with Gasteiger partial charge < -0.3 is 10.0 Å². The predicted molar refractivity (Wildman–Crippen MR) is 94.2 cm³/mol. The zero-order valence-corrected chi connectivity index (χ0v) is 13.9. The Hall–Kier alpha value is -1.51. The summed E-state index contributed by atoms with van der Waals surface area (Å²) in [5.41, 5.74) is 2.17. The minimum Gasteiger partial charge on any atom is -0.507 e. The second kappa shape index (κ2) is 7.48. The number of phenols is 1. The lowest BCUT2D eigenvalue weighted by Gasteiger charge is -2.22. The molecule has 21 heavy (non-hydrogen) atoms. The van der Waals surface area contributed by atoms with Crippen molar-refractivity contribution in [3.8, 4) is 5.75 Å². The van der Waals surface area contributed by atoms with Gasteiger partial charge in [-0.1, -0.05) is 43.3 Å². The SMILES string of the molecule is C/C=C(\c1c(O)ccc2ccccc12)C(C)CN(C)C.Cl. The van der Waals surface area contributed by atoms with Gasteiger partial charge in [0.1, 0.15) is 5.75 Å². The first kappa shape index (κ1) is 17.5. The fraction of sp³-hybridized carbons (Fsp3) is 0.333. The predicted octanol–water partition coefficient (Wildman–Crippen LogP) is 4.57. The van der Waals surface area contributed by atoms with Crippen molar-refractivity contribution in [3.63, 3.8) is 0 Å². The van der Waals surface area contributed by atoms with E-state index in [1.165, 1.54) is 5.57 Å². The van der Waals surface area contributed by atoms with E-state index in [2.05, 4.69) is 44.1 Å². The Labute approximate surface area is 133 Å². The summed E-state index contributed by atoms with van der Waals surface area (Å²) >= 11 is 0. The van der Waals surface area contributed by atoms with Crippen LogP contribution < -0.4 is 0 Å². The maximum absolute atomic E-state index is 10.3. The Balaban J connectivity index is 0.00000220. The number of hydrogen-bond donors (Lipinski definition) is 1. The van der Waals surface area contributed by atoms with Gasteiger partial charge in [0.2, 0.25) is 0 Å². The van der Waals surface area contributed by atoms with Gasteiger partial charge in [0, 0.05) is 12.1 Å². The first-order chi connectivity index (χ1) is 9.54. The van der Waals surface area contributed by atoms with Gasteiger partial charge in [-0.25, -0.2) is 0 Å². The highest BCUT2D eigenvalue weighted by molar-refractivity contribution is 5.96. The van der Waals surface area contributed by atoms with Crippen molar-refractivity contribution >= 4 is 28.8 Å². The Kier molecular flexibility index (Phi) is 6.25. The monoisotopic (exact) mass is 305 g/mol. The number of allylic oxidation sites excluding steroid dienone is 1. The van der Waals surface area contributed by atoms with Gasteiger partial charge in [-0.2, -0.15) is 0 Å². The minimum atomic E-state index is 0. The maximum Gasteiger partial charge on any atom is 0.123 e. The van der Waals surface area contributed by atoms with Crippen molar-refractivity contribution in [2.75, 3.05) is 20.6 Å². The zero-order chi connectivity index (χ0) is 14.7. The third-order valence-electron chi connectivity index (χ3n) is 3.68. The van der Waals surface area contributed by atoms with E-state index in [1.54, 1.807) is 6.07 Å². The molecule has 0 aromatic heterocycles. The first-order valence-corrected chi connectivity index (χ1v) is 7.06. The van der Waals surface area contributed by atoms with Crippen LogP contribution in [0.4, 0.5) is 0 Å². The largest absolute Gasteiger partial charge is 0.507 e. The van der Waals surface area contributed by atoms with Crippen LogP contribution in [0.3, 0.4) is 0 Å². The van der Waals surface area contributed by atoms with Gasteiger partial charge in [0.05, 0.1) is 0 Å². The zero-order valence-electron chi connectivity index (χ0n) is 13.1. The Morgan fingerprint density at radius 2 is 1.86 bits per heavy atom. The Bertz CT molecular complexity index is 634. The molecule has 0 saturated carbocycles. The lowest BCUT2D eigenvalue weighted by molar-refractivity contribution is 0.375. The number of fused-ring (bicyclic) bond motifs is 1. The minimum absolute atomic E-state index is 0. The second-order valence-electron chi connectivity index (χ2n) is 5.59. The smallest absolute Gasteiger partial charge is 0.123 e. The van der Waals surface area contributed by atoms with Crippen molar-refractivity contribution in [2.45, 2.75) is 13.8 Å². The number of aromatic hydroxyl groups is 1. The van der Waals surface area contributed by atoms with E-state index in [-0.39, 0.29) is 12.4 Å². The quantitative estimate of drug-likeness (QED) is 0.894. The summed E-state index contributed by atoms with van der Waals surface area (Å²) in [6.07, 6.45) is 2.12. The van der Waals surface area contributed by atoms with E-state index in [1.807, 2.05) is 25.1 Å². The van der Waals surface area contributed by atoms with Crippen LogP contribution in [-0.4, -0.2) is 30.6 Å². The highest BCUT2D eigenvalue weighted by Gasteiger charge is 2.17. The molecule has 2 aromatic rings. The molecule has 114 valence electrons. The highest BCUT2D eigenvalue weighted by Crippen LogP contribution is 2.36. The molecule has 0 heterocycles. The molecule has 0 saturated heterocycles. The normalized spacial score (nSPS) is 13.3. The summed E-state index contributed by atoms with van der Waals surface area (Å²) in [7, 11) is 4.15. The van der Waals surface area contributed by atoms with Crippen LogP contribution in [0.25, 0.3) is 16.3 Å². The third-order valence-corrected chi connectivity index (χ3v) is 3.68. The molecule has 1 unspecified atom stereocenters. The number of rotatable bonds is 4. The number of benzene rings is 2. The van der Waals surface area contributed by atoms with Gasteiger partial charge in [0.15, 0.2) is 0 Å². The van der Waals surface area contributed by atoms with E-state index in [0.717, 1.165) is 22.9 Å².